The van der Waals surface area contributed by atoms with Gasteiger partial charge in [-0.2, -0.15) is 10.1 Å². The minimum Gasteiger partial charge on any atom is -0.494 e. The summed E-state index contributed by atoms with van der Waals surface area (Å²) in [5, 5.41) is 28.1. The Morgan fingerprint density at radius 3 is 2.67 bits per heavy atom. The fourth-order valence-electron chi connectivity index (χ4n) is 4.50. The molecule has 1 fully saturated rings. The minimum absolute atomic E-state index is 0.0990. The van der Waals surface area contributed by atoms with Crippen molar-refractivity contribution in [2.75, 3.05) is 48.9 Å². The van der Waals surface area contributed by atoms with Crippen molar-refractivity contribution in [2.45, 2.75) is 6.43 Å². The van der Waals surface area contributed by atoms with Gasteiger partial charge in [-0.3, -0.25) is 0 Å². The number of benzene rings is 1. The van der Waals surface area contributed by atoms with E-state index in [2.05, 4.69) is 57.0 Å². The van der Waals surface area contributed by atoms with Crippen LogP contribution in [0.1, 0.15) is 17.9 Å². The monoisotopic (exact) mass is 575 g/mol. The molecule has 0 radical (unpaired) electrons. The number of ether oxygens (including phenoxy) is 2. The summed E-state index contributed by atoms with van der Waals surface area (Å²) in [5.41, 5.74) is 1.79. The predicted octanol–water partition coefficient (Wildman–Crippen LogP) is 3.08. The summed E-state index contributed by atoms with van der Waals surface area (Å²) >= 11 is 0. The highest BCUT2D eigenvalue weighted by Gasteiger charge is 2.21. The topological polar surface area (TPSA) is 180 Å². The Bertz CT molecular complexity index is 1790. The Labute approximate surface area is 236 Å². The molecule has 214 valence electrons. The molecule has 17 heteroatoms. The molecule has 4 aromatic heterocycles. The van der Waals surface area contributed by atoms with Crippen LogP contribution in [0.15, 0.2) is 30.5 Å². The Morgan fingerprint density at radius 1 is 1.12 bits per heavy atom. The number of methoxy groups -OCH3 is 1. The van der Waals surface area contributed by atoms with Crippen LogP contribution in [0.3, 0.4) is 0 Å². The van der Waals surface area contributed by atoms with Crippen molar-refractivity contribution >= 4 is 40.0 Å². The Balaban J connectivity index is 1.38. The molecule has 3 N–H and O–H groups in total. The zero-order chi connectivity index (χ0) is 29.2. The Morgan fingerprint density at radius 2 is 1.95 bits per heavy atom. The van der Waals surface area contributed by atoms with Gasteiger partial charge in [0.15, 0.2) is 34.6 Å². The third kappa shape index (κ3) is 5.17. The van der Waals surface area contributed by atoms with E-state index in [4.69, 9.17) is 9.47 Å². The van der Waals surface area contributed by atoms with Crippen molar-refractivity contribution < 1.29 is 18.3 Å². The second-order valence-electron chi connectivity index (χ2n) is 9.05. The first-order chi connectivity index (χ1) is 20.4. The number of morpholine rings is 1. The molecule has 1 saturated heterocycles. The summed E-state index contributed by atoms with van der Waals surface area (Å²) in [6.45, 7) is 2.24. The number of aromatic amines is 1. The quantitative estimate of drug-likeness (QED) is 0.246. The first-order valence-corrected chi connectivity index (χ1v) is 12.7. The number of para-hydroxylation sites is 1. The number of nitriles is 1. The van der Waals surface area contributed by atoms with Crippen LogP contribution in [0.2, 0.25) is 0 Å². The van der Waals surface area contributed by atoms with Gasteiger partial charge in [0, 0.05) is 19.2 Å². The van der Waals surface area contributed by atoms with E-state index in [0.717, 1.165) is 0 Å². The van der Waals surface area contributed by atoms with Crippen molar-refractivity contribution in [3.63, 3.8) is 0 Å². The van der Waals surface area contributed by atoms with Crippen molar-refractivity contribution in [2.24, 2.45) is 7.05 Å². The zero-order valence-electron chi connectivity index (χ0n) is 22.3. The maximum atomic E-state index is 13.6. The molecule has 1 aliphatic heterocycles. The van der Waals surface area contributed by atoms with Gasteiger partial charge in [0.05, 0.1) is 50.5 Å². The number of hydrogen-bond acceptors (Lipinski definition) is 13. The molecule has 15 nitrogen and oxygen atoms in total. The van der Waals surface area contributed by atoms with E-state index in [-0.39, 0.29) is 28.5 Å². The summed E-state index contributed by atoms with van der Waals surface area (Å²) in [5.74, 6) is 1.13. The fraction of sp³-hybridized carbons (Fsp3) is 0.280. The van der Waals surface area contributed by atoms with Crippen molar-refractivity contribution in [3.05, 3.63) is 42.0 Å². The molecule has 0 atom stereocenters. The fourth-order valence-corrected chi connectivity index (χ4v) is 4.50. The Kier molecular flexibility index (Phi) is 7.10. The minimum atomic E-state index is -2.85. The molecule has 1 aliphatic rings. The Hall–Kier alpha value is -5.50. The number of imidazole rings is 1. The molecule has 42 heavy (non-hydrogen) atoms. The number of aromatic nitrogens is 9. The maximum absolute atomic E-state index is 13.6. The molecule has 0 aliphatic carbocycles. The van der Waals surface area contributed by atoms with E-state index in [9.17, 15) is 14.0 Å². The highest BCUT2D eigenvalue weighted by atomic mass is 19.3. The maximum Gasteiger partial charge on any atom is 0.295 e. The van der Waals surface area contributed by atoms with Crippen LogP contribution in [-0.4, -0.2) is 78.5 Å². The number of nitrogens with one attached hydrogen (secondary N) is 3. The molecule has 5 heterocycles. The van der Waals surface area contributed by atoms with E-state index < -0.39 is 12.2 Å². The van der Waals surface area contributed by atoms with E-state index in [1.54, 1.807) is 31.3 Å². The van der Waals surface area contributed by atoms with Gasteiger partial charge in [-0.05, 0) is 17.3 Å². The highest BCUT2D eigenvalue weighted by Crippen LogP contribution is 2.38. The average molecular weight is 576 g/mol. The summed E-state index contributed by atoms with van der Waals surface area (Å²) in [6, 6.07) is 8.94. The summed E-state index contributed by atoms with van der Waals surface area (Å²) < 4.78 is 38.2. The van der Waals surface area contributed by atoms with E-state index >= 15 is 0 Å². The van der Waals surface area contributed by atoms with Gasteiger partial charge in [-0.1, -0.05) is 6.07 Å². The van der Waals surface area contributed by atoms with Gasteiger partial charge in [-0.15, -0.1) is 10.2 Å². The van der Waals surface area contributed by atoms with Gasteiger partial charge in [-0.25, -0.2) is 28.7 Å². The number of tetrazole rings is 1. The number of rotatable bonds is 8. The van der Waals surface area contributed by atoms with Crippen LogP contribution in [-0.2, 0) is 11.8 Å². The average Bonchev–Trinajstić information content (AvgIpc) is 3.64. The normalized spacial score (nSPS) is 13.4. The number of halogens is 2. The van der Waals surface area contributed by atoms with Crippen molar-refractivity contribution in [1.82, 2.24) is 45.1 Å². The highest BCUT2D eigenvalue weighted by molar-refractivity contribution is 5.92. The second-order valence-corrected chi connectivity index (χ2v) is 9.05. The molecular weight excluding hydrogens is 552 g/mol. The number of hydrogen-bond donors (Lipinski definition) is 3. The van der Waals surface area contributed by atoms with Crippen molar-refractivity contribution in [1.29, 1.82) is 5.26 Å². The lowest BCUT2D eigenvalue weighted by molar-refractivity contribution is 0.122. The number of pyridine rings is 1. The van der Waals surface area contributed by atoms with Gasteiger partial charge in [0.2, 0.25) is 5.82 Å². The second kappa shape index (κ2) is 11.2. The lowest BCUT2D eigenvalue weighted by Crippen LogP contribution is -2.37. The number of fused-ring (bicyclic) bond motifs is 1. The van der Waals surface area contributed by atoms with Crippen LogP contribution in [0.4, 0.5) is 37.6 Å². The van der Waals surface area contributed by atoms with Gasteiger partial charge in [0.25, 0.3) is 6.43 Å². The van der Waals surface area contributed by atoms with Gasteiger partial charge < -0.3 is 30.0 Å². The van der Waals surface area contributed by atoms with E-state index in [0.29, 0.717) is 60.6 Å². The summed E-state index contributed by atoms with van der Waals surface area (Å²) in [6.07, 6.45) is -1.37. The smallest absolute Gasteiger partial charge is 0.295 e. The number of alkyl halides is 2. The van der Waals surface area contributed by atoms with Crippen LogP contribution in [0.25, 0.3) is 22.6 Å². The molecule has 0 bridgehead atoms. The van der Waals surface area contributed by atoms with Crippen LogP contribution >= 0.6 is 0 Å². The SMILES string of the molecule is COc1c(Nc2cc(Nc3cnc(N4CCOCC4)c(C#N)n3)nc3[nH]c(C(F)F)nc23)cccc1-c1nnn(C)n1. The zero-order valence-corrected chi connectivity index (χ0v) is 22.3. The summed E-state index contributed by atoms with van der Waals surface area (Å²) in [4.78, 5) is 23.1. The lowest BCUT2D eigenvalue weighted by Gasteiger charge is -2.28. The summed E-state index contributed by atoms with van der Waals surface area (Å²) in [7, 11) is 3.14. The third-order valence-electron chi connectivity index (χ3n) is 6.34. The molecule has 6 rings (SSSR count). The first-order valence-electron chi connectivity index (χ1n) is 12.7. The molecule has 0 amide bonds. The number of H-pyrrole nitrogens is 1. The van der Waals surface area contributed by atoms with Gasteiger partial charge >= 0.3 is 0 Å². The third-order valence-corrected chi connectivity index (χ3v) is 6.34. The molecule has 5 aromatic rings. The number of aryl methyl sites for hydroxylation is 1. The van der Waals surface area contributed by atoms with Crippen LogP contribution < -0.4 is 20.3 Å². The first kappa shape index (κ1) is 26.7. The van der Waals surface area contributed by atoms with Crippen molar-refractivity contribution in [3.8, 4) is 23.2 Å². The lowest BCUT2D eigenvalue weighted by atomic mass is 10.1. The molecular formula is C25H23F2N13O2. The van der Waals surface area contributed by atoms with Gasteiger partial charge in [0.1, 0.15) is 17.4 Å². The largest absolute Gasteiger partial charge is 0.494 e. The molecule has 0 spiro atoms. The van der Waals surface area contributed by atoms with E-state index in [1.165, 1.54) is 18.1 Å². The van der Waals surface area contributed by atoms with E-state index in [1.807, 2.05) is 4.90 Å². The molecule has 1 aromatic carbocycles. The molecule has 0 saturated carbocycles. The predicted molar refractivity (Wildman–Crippen MR) is 146 cm³/mol. The molecule has 0 unspecified atom stereocenters. The standard InChI is InChI=1S/C25H23F2N13O2/c1-39-37-22(36-38-39)13-4-3-5-14(20(13)41-2)30-15-10-17(33-23-19(15)34-24(35-23)21(26)27)32-18-12-29-25(16(11-28)31-18)40-6-8-42-9-7-40/h3-5,10,12,21H,6-9H2,1-2H3,(H3,30,31,32,33,34,35). The van der Waals surface area contributed by atoms with Crippen LogP contribution in [0, 0.1) is 11.3 Å². The van der Waals surface area contributed by atoms with Crippen LogP contribution in [0.5, 0.6) is 5.75 Å². The number of anilines is 5. The number of nitrogens with zero attached hydrogens (tertiary/aromatic N) is 10.